The molecule has 0 aliphatic carbocycles. The molecule has 192 valence electrons. The van der Waals surface area contributed by atoms with E-state index in [0.717, 1.165) is 16.5 Å². The van der Waals surface area contributed by atoms with Gasteiger partial charge in [-0.15, -0.1) is 0 Å². The fourth-order valence-corrected chi connectivity index (χ4v) is 4.22. The van der Waals surface area contributed by atoms with Gasteiger partial charge in [-0.1, -0.05) is 59.6 Å². The van der Waals surface area contributed by atoms with Crippen molar-refractivity contribution in [1.29, 1.82) is 0 Å². The summed E-state index contributed by atoms with van der Waals surface area (Å²) in [5, 5.41) is 5.05. The first-order valence-corrected chi connectivity index (χ1v) is 12.8. The minimum atomic E-state index is -0.227. The molecule has 0 unspecified atom stereocenters. The Bertz CT molecular complexity index is 1470. The Kier molecular flexibility index (Phi) is 8.28. The molecule has 37 heavy (non-hydrogen) atoms. The predicted octanol–water partition coefficient (Wildman–Crippen LogP) is 6.46. The van der Waals surface area contributed by atoms with E-state index in [9.17, 15) is 4.79 Å². The lowest BCUT2D eigenvalue weighted by Gasteiger charge is -2.16. The van der Waals surface area contributed by atoms with Gasteiger partial charge in [-0.2, -0.15) is 9.78 Å². The zero-order chi connectivity index (χ0) is 26.5. The lowest BCUT2D eigenvalue weighted by molar-refractivity contribution is 0.266. The average molecular weight is 564 g/mol. The van der Waals surface area contributed by atoms with Crippen LogP contribution in [0.1, 0.15) is 48.7 Å². The fraction of sp³-hybridized carbons (Fsp3) is 0.276. The van der Waals surface area contributed by atoms with Gasteiger partial charge in [0.25, 0.3) is 5.56 Å². The molecule has 0 amide bonds. The van der Waals surface area contributed by atoms with Crippen molar-refractivity contribution in [3.63, 3.8) is 0 Å². The maximum Gasteiger partial charge on any atom is 0.282 e. The van der Waals surface area contributed by atoms with Crippen LogP contribution in [0.3, 0.4) is 0 Å². The van der Waals surface area contributed by atoms with Gasteiger partial charge in [-0.05, 0) is 49.2 Å². The molecule has 0 radical (unpaired) electrons. The van der Waals surface area contributed by atoms with Crippen LogP contribution in [0.2, 0.25) is 0 Å². The van der Waals surface area contributed by atoms with Gasteiger partial charge < -0.3 is 14.2 Å². The molecule has 0 saturated carbocycles. The average Bonchev–Trinajstić information content (AvgIpc) is 2.91. The molecule has 0 saturated heterocycles. The summed E-state index contributed by atoms with van der Waals surface area (Å²) in [6.45, 7) is 6.50. The monoisotopic (exact) mass is 563 g/mol. The fourth-order valence-electron chi connectivity index (χ4n) is 3.86. The second-order valence-electron chi connectivity index (χ2n) is 8.83. The Morgan fingerprint density at radius 1 is 1.05 bits per heavy atom. The van der Waals surface area contributed by atoms with Crippen LogP contribution in [-0.2, 0) is 6.61 Å². The molecule has 0 bridgehead atoms. The second kappa shape index (κ2) is 11.6. The molecular formula is C29H30BrN3O4. The van der Waals surface area contributed by atoms with Crippen molar-refractivity contribution < 1.29 is 14.2 Å². The molecule has 0 aliphatic rings. The molecule has 0 fully saturated rings. The number of aryl methyl sites for hydroxylation is 1. The normalized spacial score (nSPS) is 12.2. The molecule has 4 rings (SSSR count). The SMILES string of the molecule is CC[C@H](C)c1nc2ccc(Br)cc2c(=O)n1N=Cc1cc(OC)c(OCc2ccc(C)cc2)c(OC)c1. The number of rotatable bonds is 9. The molecule has 1 heterocycles. The van der Waals surface area contributed by atoms with E-state index in [1.807, 2.05) is 50.2 Å². The first-order chi connectivity index (χ1) is 17.8. The third kappa shape index (κ3) is 5.85. The van der Waals surface area contributed by atoms with Gasteiger partial charge in [0.1, 0.15) is 12.4 Å². The van der Waals surface area contributed by atoms with Crippen molar-refractivity contribution in [2.45, 2.75) is 39.7 Å². The Morgan fingerprint density at radius 3 is 2.35 bits per heavy atom. The standard InChI is InChI=1S/C29H30BrN3O4/c1-6-19(3)28-32-24-12-11-22(30)15-23(24)29(34)33(28)31-16-21-13-25(35-4)27(26(14-21)36-5)37-17-20-9-7-18(2)8-10-20/h7-16,19H,6,17H2,1-5H3/t19-/m0/s1. The van der Waals surface area contributed by atoms with Crippen molar-refractivity contribution in [3.8, 4) is 17.2 Å². The molecule has 3 aromatic carbocycles. The van der Waals surface area contributed by atoms with Gasteiger partial charge in [0, 0.05) is 16.0 Å². The van der Waals surface area contributed by atoms with Gasteiger partial charge in [0.15, 0.2) is 11.5 Å². The Hall–Kier alpha value is -3.65. The minimum Gasteiger partial charge on any atom is -0.493 e. The zero-order valence-electron chi connectivity index (χ0n) is 21.6. The molecule has 4 aromatic rings. The van der Waals surface area contributed by atoms with Crippen LogP contribution in [0.25, 0.3) is 10.9 Å². The van der Waals surface area contributed by atoms with E-state index in [1.54, 1.807) is 38.6 Å². The number of methoxy groups -OCH3 is 2. The molecule has 7 nitrogen and oxygen atoms in total. The van der Waals surface area contributed by atoms with Crippen molar-refractivity contribution in [2.24, 2.45) is 5.10 Å². The highest BCUT2D eigenvalue weighted by atomic mass is 79.9. The van der Waals surface area contributed by atoms with Crippen LogP contribution in [0, 0.1) is 6.92 Å². The summed E-state index contributed by atoms with van der Waals surface area (Å²) in [5.41, 5.74) is 3.33. The maximum atomic E-state index is 13.4. The van der Waals surface area contributed by atoms with E-state index in [-0.39, 0.29) is 11.5 Å². The van der Waals surface area contributed by atoms with Crippen molar-refractivity contribution in [2.75, 3.05) is 14.2 Å². The Labute approximate surface area is 224 Å². The van der Waals surface area contributed by atoms with E-state index in [1.165, 1.54) is 10.2 Å². The third-order valence-electron chi connectivity index (χ3n) is 6.20. The van der Waals surface area contributed by atoms with Crippen LogP contribution < -0.4 is 19.8 Å². The van der Waals surface area contributed by atoms with Gasteiger partial charge in [-0.3, -0.25) is 4.79 Å². The van der Waals surface area contributed by atoms with Gasteiger partial charge in [-0.25, -0.2) is 4.98 Å². The van der Waals surface area contributed by atoms with Gasteiger partial charge in [0.05, 0.1) is 31.3 Å². The molecule has 0 aliphatic heterocycles. The van der Waals surface area contributed by atoms with Crippen molar-refractivity contribution >= 4 is 33.0 Å². The Morgan fingerprint density at radius 2 is 1.73 bits per heavy atom. The second-order valence-corrected chi connectivity index (χ2v) is 9.75. The largest absolute Gasteiger partial charge is 0.493 e. The molecule has 1 aromatic heterocycles. The number of nitrogens with zero attached hydrogens (tertiary/aromatic N) is 3. The highest BCUT2D eigenvalue weighted by Crippen LogP contribution is 2.38. The molecule has 0 N–H and O–H groups in total. The Balaban J connectivity index is 1.72. The predicted molar refractivity (Wildman–Crippen MR) is 150 cm³/mol. The smallest absolute Gasteiger partial charge is 0.282 e. The van der Waals surface area contributed by atoms with Gasteiger partial charge >= 0.3 is 0 Å². The zero-order valence-corrected chi connectivity index (χ0v) is 23.2. The van der Waals surface area contributed by atoms with Crippen LogP contribution in [-0.4, -0.2) is 30.1 Å². The van der Waals surface area contributed by atoms with Gasteiger partial charge in [0.2, 0.25) is 5.75 Å². The molecule has 8 heteroatoms. The highest BCUT2D eigenvalue weighted by molar-refractivity contribution is 9.10. The number of benzene rings is 3. The summed E-state index contributed by atoms with van der Waals surface area (Å²) in [5.74, 6) is 2.15. The highest BCUT2D eigenvalue weighted by Gasteiger charge is 2.17. The number of aromatic nitrogens is 2. The van der Waals surface area contributed by atoms with E-state index in [2.05, 4.69) is 28.0 Å². The first-order valence-electron chi connectivity index (χ1n) is 12.1. The minimum absolute atomic E-state index is 0.0412. The molecule has 0 spiro atoms. The topological polar surface area (TPSA) is 74.9 Å². The summed E-state index contributed by atoms with van der Waals surface area (Å²) < 4.78 is 19.5. The maximum absolute atomic E-state index is 13.4. The van der Waals surface area contributed by atoms with E-state index < -0.39 is 0 Å². The number of hydrogen-bond donors (Lipinski definition) is 0. The third-order valence-corrected chi connectivity index (χ3v) is 6.69. The number of ether oxygens (including phenoxy) is 3. The summed E-state index contributed by atoms with van der Waals surface area (Å²) in [6, 6.07) is 17.2. The van der Waals surface area contributed by atoms with E-state index >= 15 is 0 Å². The number of hydrogen-bond acceptors (Lipinski definition) is 6. The van der Waals surface area contributed by atoms with Crippen molar-refractivity contribution in [1.82, 2.24) is 9.66 Å². The number of halogens is 1. The molecule has 1 atom stereocenters. The summed E-state index contributed by atoms with van der Waals surface area (Å²) in [7, 11) is 3.15. The quantitative estimate of drug-likeness (QED) is 0.218. The van der Waals surface area contributed by atoms with Crippen LogP contribution in [0.4, 0.5) is 0 Å². The van der Waals surface area contributed by atoms with Crippen LogP contribution in [0.15, 0.2) is 69.0 Å². The molecular weight excluding hydrogens is 534 g/mol. The summed E-state index contributed by atoms with van der Waals surface area (Å²) in [6.07, 6.45) is 2.42. The lowest BCUT2D eigenvalue weighted by Crippen LogP contribution is -2.23. The van der Waals surface area contributed by atoms with E-state index in [0.29, 0.717) is 46.1 Å². The summed E-state index contributed by atoms with van der Waals surface area (Å²) >= 11 is 3.44. The van der Waals surface area contributed by atoms with Crippen LogP contribution >= 0.6 is 15.9 Å². The summed E-state index contributed by atoms with van der Waals surface area (Å²) in [4.78, 5) is 18.2. The first kappa shape index (κ1) is 26.4. The van der Waals surface area contributed by atoms with Crippen LogP contribution in [0.5, 0.6) is 17.2 Å². The number of fused-ring (bicyclic) bond motifs is 1. The van der Waals surface area contributed by atoms with E-state index in [4.69, 9.17) is 19.2 Å². The van der Waals surface area contributed by atoms with Crippen molar-refractivity contribution in [3.05, 3.63) is 91.9 Å². The lowest BCUT2D eigenvalue weighted by atomic mass is 10.1.